The minimum Gasteiger partial charge on any atom is -0.490 e. The summed E-state index contributed by atoms with van der Waals surface area (Å²) in [7, 11) is 1.98. The van der Waals surface area contributed by atoms with Gasteiger partial charge in [0.2, 0.25) is 0 Å². The van der Waals surface area contributed by atoms with Gasteiger partial charge in [0.05, 0.1) is 31.4 Å². The summed E-state index contributed by atoms with van der Waals surface area (Å²) >= 11 is 0. The highest BCUT2D eigenvalue weighted by Gasteiger charge is 2.28. The zero-order valence-electron chi connectivity index (χ0n) is 15.4. The summed E-state index contributed by atoms with van der Waals surface area (Å²) in [6.07, 6.45) is -0.328. The molecule has 5 rings (SSSR count). The van der Waals surface area contributed by atoms with E-state index in [9.17, 15) is 9.90 Å². The fraction of sp³-hybridized carbons (Fsp3) is 0.300. The van der Waals surface area contributed by atoms with Crippen LogP contribution in [0.4, 0.5) is 17.4 Å². The largest absolute Gasteiger partial charge is 0.490 e. The fourth-order valence-corrected chi connectivity index (χ4v) is 3.44. The zero-order chi connectivity index (χ0) is 19.3. The van der Waals surface area contributed by atoms with E-state index in [2.05, 4.69) is 15.2 Å². The summed E-state index contributed by atoms with van der Waals surface area (Å²) in [5.41, 5.74) is 3.41. The number of nitrogens with one attached hydrogen (secondary N) is 1. The molecule has 8 heteroatoms. The first-order valence-electron chi connectivity index (χ1n) is 9.20. The predicted octanol–water partition coefficient (Wildman–Crippen LogP) is 2.09. The highest BCUT2D eigenvalue weighted by atomic mass is 16.5. The minimum atomic E-state index is -0.328. The molecular weight excluding hydrogens is 360 g/mol. The smallest absolute Gasteiger partial charge is 0.298 e. The van der Waals surface area contributed by atoms with E-state index in [-0.39, 0.29) is 12.0 Å². The molecule has 0 saturated carbocycles. The molecule has 2 N–H and O–H groups in total. The SMILES string of the molecule is CN1CCOc2ccc(C(=O)Nc3ccc4oc(N5CC(O)C5)nc4c3)cc21. The van der Waals surface area contributed by atoms with Crippen molar-refractivity contribution in [2.45, 2.75) is 6.10 Å². The lowest BCUT2D eigenvalue weighted by Crippen LogP contribution is -2.51. The average molecular weight is 380 g/mol. The van der Waals surface area contributed by atoms with E-state index < -0.39 is 0 Å². The van der Waals surface area contributed by atoms with Crippen molar-refractivity contribution in [3.63, 3.8) is 0 Å². The molecule has 0 radical (unpaired) electrons. The second-order valence-electron chi connectivity index (χ2n) is 7.14. The Balaban J connectivity index is 1.36. The van der Waals surface area contributed by atoms with Gasteiger partial charge in [-0.3, -0.25) is 4.79 Å². The van der Waals surface area contributed by atoms with Gasteiger partial charge in [0.15, 0.2) is 5.58 Å². The van der Waals surface area contributed by atoms with Crippen LogP contribution in [0.1, 0.15) is 10.4 Å². The molecule has 3 heterocycles. The summed E-state index contributed by atoms with van der Waals surface area (Å²) in [5, 5.41) is 12.3. The maximum Gasteiger partial charge on any atom is 0.298 e. The van der Waals surface area contributed by atoms with Gasteiger partial charge >= 0.3 is 0 Å². The number of likely N-dealkylation sites (N-methyl/N-ethyl adjacent to an activating group) is 1. The third-order valence-electron chi connectivity index (χ3n) is 5.08. The van der Waals surface area contributed by atoms with Crippen LogP contribution in [0.3, 0.4) is 0 Å². The first kappa shape index (κ1) is 16.9. The van der Waals surface area contributed by atoms with Crippen molar-refractivity contribution in [3.8, 4) is 5.75 Å². The first-order chi connectivity index (χ1) is 13.6. The molecule has 1 saturated heterocycles. The lowest BCUT2D eigenvalue weighted by molar-refractivity contribution is 0.102. The lowest BCUT2D eigenvalue weighted by Gasteiger charge is -2.34. The van der Waals surface area contributed by atoms with Crippen molar-refractivity contribution in [3.05, 3.63) is 42.0 Å². The van der Waals surface area contributed by atoms with Gasteiger partial charge in [0, 0.05) is 18.3 Å². The highest BCUT2D eigenvalue weighted by molar-refractivity contribution is 6.05. The molecule has 144 valence electrons. The van der Waals surface area contributed by atoms with E-state index in [1.54, 1.807) is 24.3 Å². The minimum absolute atomic E-state index is 0.198. The second-order valence-corrected chi connectivity index (χ2v) is 7.14. The lowest BCUT2D eigenvalue weighted by atomic mass is 10.1. The van der Waals surface area contributed by atoms with Crippen molar-refractivity contribution in [2.24, 2.45) is 0 Å². The molecule has 8 nitrogen and oxygen atoms in total. The number of aliphatic hydroxyl groups excluding tert-OH is 1. The Morgan fingerprint density at radius 2 is 2.11 bits per heavy atom. The van der Waals surface area contributed by atoms with E-state index in [0.29, 0.717) is 48.1 Å². The molecule has 0 aliphatic carbocycles. The standard InChI is InChI=1S/C20H20N4O4/c1-23-6-7-27-18-4-2-12(8-16(18)23)19(26)21-13-3-5-17-15(9-13)22-20(28-17)24-10-14(25)11-24/h2-5,8-9,14,25H,6-7,10-11H2,1H3,(H,21,26). The Kier molecular flexibility index (Phi) is 3.87. The quantitative estimate of drug-likeness (QED) is 0.719. The molecule has 0 spiro atoms. The third kappa shape index (κ3) is 2.91. The molecule has 28 heavy (non-hydrogen) atoms. The van der Waals surface area contributed by atoms with Crippen LogP contribution in [0.25, 0.3) is 11.1 Å². The number of aromatic nitrogens is 1. The molecule has 1 amide bonds. The van der Waals surface area contributed by atoms with E-state index in [4.69, 9.17) is 9.15 Å². The Morgan fingerprint density at radius 3 is 2.93 bits per heavy atom. The number of carbonyl (C=O) groups is 1. The molecule has 3 aromatic rings. The Hall–Kier alpha value is -3.26. The summed E-state index contributed by atoms with van der Waals surface area (Å²) in [4.78, 5) is 21.1. The number of oxazole rings is 1. The van der Waals surface area contributed by atoms with E-state index >= 15 is 0 Å². The van der Waals surface area contributed by atoms with Gasteiger partial charge < -0.3 is 29.4 Å². The monoisotopic (exact) mass is 380 g/mol. The van der Waals surface area contributed by atoms with Gasteiger partial charge in [0.25, 0.3) is 11.9 Å². The molecular formula is C20H20N4O4. The van der Waals surface area contributed by atoms with E-state index in [1.165, 1.54) is 0 Å². The number of hydrogen-bond acceptors (Lipinski definition) is 7. The summed E-state index contributed by atoms with van der Waals surface area (Å²) in [6.45, 7) is 2.47. The normalized spacial score (nSPS) is 16.5. The van der Waals surface area contributed by atoms with Gasteiger partial charge in [-0.1, -0.05) is 0 Å². The van der Waals surface area contributed by atoms with Crippen molar-refractivity contribution in [2.75, 3.05) is 48.4 Å². The summed E-state index contributed by atoms with van der Waals surface area (Å²) < 4.78 is 11.3. The molecule has 1 fully saturated rings. The van der Waals surface area contributed by atoms with Crippen LogP contribution in [0.5, 0.6) is 5.75 Å². The number of benzene rings is 2. The number of ether oxygens (including phenoxy) is 1. The average Bonchev–Trinajstić information content (AvgIpc) is 3.08. The van der Waals surface area contributed by atoms with Crippen molar-refractivity contribution < 1.29 is 19.1 Å². The maximum absolute atomic E-state index is 12.7. The fourth-order valence-electron chi connectivity index (χ4n) is 3.44. The number of carbonyl (C=O) groups excluding carboxylic acids is 1. The Morgan fingerprint density at radius 1 is 1.25 bits per heavy atom. The highest BCUT2D eigenvalue weighted by Crippen LogP contribution is 2.32. The Bertz CT molecular complexity index is 1060. The van der Waals surface area contributed by atoms with Crippen LogP contribution >= 0.6 is 0 Å². The second kappa shape index (κ2) is 6.42. The van der Waals surface area contributed by atoms with Crippen LogP contribution in [0, 0.1) is 0 Å². The summed E-state index contributed by atoms with van der Waals surface area (Å²) in [6, 6.07) is 11.3. The number of fused-ring (bicyclic) bond motifs is 2. The number of β-amino-alcohol motifs (C(OH)–C–C–N with tert-alkyl or cyclic N) is 1. The number of amides is 1. The van der Waals surface area contributed by atoms with Crippen LogP contribution in [-0.2, 0) is 0 Å². The third-order valence-corrected chi connectivity index (χ3v) is 5.08. The molecule has 1 aromatic heterocycles. The van der Waals surface area contributed by atoms with Crippen LogP contribution in [0.2, 0.25) is 0 Å². The Labute approximate surface area is 161 Å². The van der Waals surface area contributed by atoms with E-state index in [1.807, 2.05) is 24.1 Å². The van der Waals surface area contributed by atoms with Crippen LogP contribution < -0.4 is 19.9 Å². The van der Waals surface area contributed by atoms with Gasteiger partial charge in [-0.15, -0.1) is 0 Å². The zero-order valence-corrected chi connectivity index (χ0v) is 15.4. The topological polar surface area (TPSA) is 91.1 Å². The van der Waals surface area contributed by atoms with Gasteiger partial charge in [0.1, 0.15) is 17.9 Å². The van der Waals surface area contributed by atoms with E-state index in [0.717, 1.165) is 18.0 Å². The van der Waals surface area contributed by atoms with Gasteiger partial charge in [-0.05, 0) is 36.4 Å². The van der Waals surface area contributed by atoms with Crippen LogP contribution in [-0.4, -0.2) is 55.4 Å². The molecule has 0 bridgehead atoms. The first-order valence-corrected chi connectivity index (χ1v) is 9.20. The predicted molar refractivity (Wildman–Crippen MR) is 105 cm³/mol. The van der Waals surface area contributed by atoms with Gasteiger partial charge in [-0.2, -0.15) is 4.98 Å². The molecule has 2 aliphatic rings. The van der Waals surface area contributed by atoms with Crippen molar-refractivity contribution >= 4 is 34.4 Å². The summed E-state index contributed by atoms with van der Waals surface area (Å²) in [5.74, 6) is 0.591. The number of nitrogens with zero attached hydrogens (tertiary/aromatic N) is 3. The van der Waals surface area contributed by atoms with Crippen molar-refractivity contribution in [1.82, 2.24) is 4.98 Å². The molecule has 2 aromatic carbocycles. The molecule has 2 aliphatic heterocycles. The number of anilines is 3. The number of aliphatic hydroxyl groups is 1. The molecule has 0 atom stereocenters. The van der Waals surface area contributed by atoms with Crippen LogP contribution in [0.15, 0.2) is 40.8 Å². The van der Waals surface area contributed by atoms with Gasteiger partial charge in [-0.25, -0.2) is 0 Å². The number of hydrogen-bond donors (Lipinski definition) is 2. The maximum atomic E-state index is 12.7. The van der Waals surface area contributed by atoms with Crippen molar-refractivity contribution in [1.29, 1.82) is 0 Å². The molecule has 0 unspecified atom stereocenters. The number of rotatable bonds is 3.